The molecule has 0 fully saturated rings. The van der Waals surface area contributed by atoms with Crippen LogP contribution in [0.5, 0.6) is 0 Å². The molecule has 0 aliphatic rings. The molecule has 0 bridgehead atoms. The van der Waals surface area contributed by atoms with Crippen LogP contribution in [0.15, 0.2) is 54.6 Å². The quantitative estimate of drug-likeness (QED) is 0.440. The number of rotatable bonds is 5. The maximum atomic E-state index is 11.6. The molecule has 0 aliphatic heterocycles. The molecule has 0 heterocycles. The van der Waals surface area contributed by atoms with Gasteiger partial charge in [0.2, 0.25) is 5.91 Å². The molecular formula is C16H17IN4O2. The first-order valence-corrected chi connectivity index (χ1v) is 8.12. The normalized spacial score (nSPS) is 9.78. The lowest BCUT2D eigenvalue weighted by Gasteiger charge is -2.10. The van der Waals surface area contributed by atoms with Crippen molar-refractivity contribution >= 4 is 45.9 Å². The molecule has 3 amide bonds. The summed E-state index contributed by atoms with van der Waals surface area (Å²) in [5.74, 6) is -0.272. The molecule has 0 unspecified atom stereocenters. The lowest BCUT2D eigenvalue weighted by atomic mass is 10.3. The van der Waals surface area contributed by atoms with Gasteiger partial charge in [-0.05, 0) is 59.0 Å². The molecule has 0 saturated carbocycles. The average molecular weight is 424 g/mol. The maximum Gasteiger partial charge on any atom is 0.337 e. The standard InChI is InChI=1S/C16H17IN4O2/c17-12-6-8-13(9-7-12)18-11-10-15(22)20-21-16(23)19-14-4-2-1-3-5-14/h1-9,18H,10-11H2,(H,20,22)(H2,19,21,23). The van der Waals surface area contributed by atoms with E-state index in [4.69, 9.17) is 0 Å². The van der Waals surface area contributed by atoms with E-state index in [2.05, 4.69) is 44.1 Å². The van der Waals surface area contributed by atoms with E-state index in [0.717, 1.165) is 9.26 Å². The highest BCUT2D eigenvalue weighted by atomic mass is 127. The number of para-hydroxylation sites is 1. The number of urea groups is 1. The minimum absolute atomic E-state index is 0.248. The fourth-order valence-electron chi connectivity index (χ4n) is 1.76. The molecule has 23 heavy (non-hydrogen) atoms. The predicted octanol–water partition coefficient (Wildman–Crippen LogP) is 2.95. The lowest BCUT2D eigenvalue weighted by Crippen LogP contribution is -2.44. The first-order chi connectivity index (χ1) is 11.1. The van der Waals surface area contributed by atoms with E-state index in [9.17, 15) is 9.59 Å². The van der Waals surface area contributed by atoms with Gasteiger partial charge in [-0.15, -0.1) is 0 Å². The zero-order chi connectivity index (χ0) is 16.5. The summed E-state index contributed by atoms with van der Waals surface area (Å²) in [4.78, 5) is 23.2. The van der Waals surface area contributed by atoms with Gasteiger partial charge >= 0.3 is 6.03 Å². The fourth-order valence-corrected chi connectivity index (χ4v) is 2.12. The van der Waals surface area contributed by atoms with E-state index in [-0.39, 0.29) is 12.3 Å². The van der Waals surface area contributed by atoms with Gasteiger partial charge in [0.1, 0.15) is 0 Å². The predicted molar refractivity (Wildman–Crippen MR) is 99.0 cm³/mol. The molecule has 0 saturated heterocycles. The van der Waals surface area contributed by atoms with Gasteiger partial charge in [0, 0.05) is 27.9 Å². The van der Waals surface area contributed by atoms with Gasteiger partial charge in [-0.25, -0.2) is 10.2 Å². The highest BCUT2D eigenvalue weighted by Gasteiger charge is 2.04. The number of hydrogen-bond donors (Lipinski definition) is 4. The van der Waals surface area contributed by atoms with Crippen molar-refractivity contribution in [1.29, 1.82) is 0 Å². The molecule has 6 nitrogen and oxygen atoms in total. The van der Waals surface area contributed by atoms with Crippen molar-refractivity contribution in [1.82, 2.24) is 10.9 Å². The SMILES string of the molecule is O=C(CCNc1ccc(I)cc1)NNC(=O)Nc1ccccc1. The Hall–Kier alpha value is -2.29. The van der Waals surface area contributed by atoms with Gasteiger partial charge in [0.25, 0.3) is 0 Å². The molecule has 2 rings (SSSR count). The molecule has 0 atom stereocenters. The Labute approximate surface area is 148 Å². The fraction of sp³-hybridized carbons (Fsp3) is 0.125. The number of amides is 3. The van der Waals surface area contributed by atoms with Crippen molar-refractivity contribution in [2.24, 2.45) is 0 Å². The minimum atomic E-state index is -0.491. The molecule has 0 aromatic heterocycles. The van der Waals surface area contributed by atoms with E-state index in [1.54, 1.807) is 12.1 Å². The lowest BCUT2D eigenvalue weighted by molar-refractivity contribution is -0.121. The number of carbonyl (C=O) groups excluding carboxylic acids is 2. The van der Waals surface area contributed by atoms with Crippen LogP contribution in [-0.4, -0.2) is 18.5 Å². The molecule has 4 N–H and O–H groups in total. The van der Waals surface area contributed by atoms with Crippen LogP contribution in [0, 0.1) is 3.57 Å². The van der Waals surface area contributed by atoms with Crippen LogP contribution >= 0.6 is 22.6 Å². The first kappa shape index (κ1) is 17.1. The molecule has 0 radical (unpaired) electrons. The minimum Gasteiger partial charge on any atom is -0.385 e. The first-order valence-electron chi connectivity index (χ1n) is 7.04. The second kappa shape index (κ2) is 8.99. The average Bonchev–Trinajstić information content (AvgIpc) is 2.56. The third-order valence-corrected chi connectivity index (χ3v) is 3.59. The summed E-state index contributed by atoms with van der Waals surface area (Å²) in [6.45, 7) is 0.481. The number of nitrogens with one attached hydrogen (secondary N) is 4. The van der Waals surface area contributed by atoms with E-state index in [0.29, 0.717) is 12.2 Å². The topological polar surface area (TPSA) is 82.3 Å². The van der Waals surface area contributed by atoms with Crippen LogP contribution in [0.25, 0.3) is 0 Å². The number of carbonyl (C=O) groups is 2. The summed E-state index contributed by atoms with van der Waals surface area (Å²) in [6.07, 6.45) is 0.248. The van der Waals surface area contributed by atoms with Crippen molar-refractivity contribution in [3.8, 4) is 0 Å². The zero-order valence-corrected chi connectivity index (χ0v) is 14.5. The summed E-state index contributed by atoms with van der Waals surface area (Å²) in [6, 6.07) is 16.4. The Morgan fingerprint density at radius 3 is 2.26 bits per heavy atom. The largest absolute Gasteiger partial charge is 0.385 e. The second-order valence-corrected chi connectivity index (χ2v) is 5.92. The second-order valence-electron chi connectivity index (χ2n) is 4.68. The molecule has 120 valence electrons. The summed E-state index contributed by atoms with van der Waals surface area (Å²) in [7, 11) is 0. The maximum absolute atomic E-state index is 11.6. The van der Waals surface area contributed by atoms with E-state index in [1.807, 2.05) is 42.5 Å². The van der Waals surface area contributed by atoms with Crippen LogP contribution in [-0.2, 0) is 4.79 Å². The van der Waals surface area contributed by atoms with Gasteiger partial charge in [-0.2, -0.15) is 0 Å². The monoisotopic (exact) mass is 424 g/mol. The molecule has 2 aromatic rings. The third-order valence-electron chi connectivity index (χ3n) is 2.87. The summed E-state index contributed by atoms with van der Waals surface area (Å²) >= 11 is 2.23. The Balaban J connectivity index is 1.63. The van der Waals surface area contributed by atoms with Crippen molar-refractivity contribution in [3.63, 3.8) is 0 Å². The Bertz CT molecular complexity index is 647. The van der Waals surface area contributed by atoms with E-state index < -0.39 is 6.03 Å². The molecule has 0 aliphatic carbocycles. The molecule has 7 heteroatoms. The Morgan fingerprint density at radius 2 is 1.57 bits per heavy atom. The molecule has 2 aromatic carbocycles. The number of benzene rings is 2. The van der Waals surface area contributed by atoms with Crippen molar-refractivity contribution in [2.45, 2.75) is 6.42 Å². The van der Waals surface area contributed by atoms with E-state index >= 15 is 0 Å². The summed E-state index contributed by atoms with van der Waals surface area (Å²) in [5, 5.41) is 5.74. The number of anilines is 2. The van der Waals surface area contributed by atoms with Gasteiger partial charge in [0.15, 0.2) is 0 Å². The number of halogens is 1. The van der Waals surface area contributed by atoms with Gasteiger partial charge in [-0.3, -0.25) is 10.2 Å². The van der Waals surface area contributed by atoms with Crippen LogP contribution in [0.3, 0.4) is 0 Å². The highest BCUT2D eigenvalue weighted by molar-refractivity contribution is 14.1. The third kappa shape index (κ3) is 6.55. The van der Waals surface area contributed by atoms with Crippen molar-refractivity contribution in [2.75, 3.05) is 17.2 Å². The van der Waals surface area contributed by atoms with Crippen molar-refractivity contribution in [3.05, 3.63) is 58.2 Å². The summed E-state index contributed by atoms with van der Waals surface area (Å²) in [5.41, 5.74) is 6.27. The van der Waals surface area contributed by atoms with Gasteiger partial charge in [0.05, 0.1) is 0 Å². The highest BCUT2D eigenvalue weighted by Crippen LogP contribution is 2.10. The van der Waals surface area contributed by atoms with E-state index in [1.165, 1.54) is 0 Å². The van der Waals surface area contributed by atoms with Gasteiger partial charge < -0.3 is 10.6 Å². The van der Waals surface area contributed by atoms with Crippen LogP contribution in [0.2, 0.25) is 0 Å². The number of hydrazine groups is 1. The van der Waals surface area contributed by atoms with Gasteiger partial charge in [-0.1, -0.05) is 18.2 Å². The number of hydrogen-bond acceptors (Lipinski definition) is 3. The zero-order valence-electron chi connectivity index (χ0n) is 12.3. The molecule has 0 spiro atoms. The summed E-state index contributed by atoms with van der Waals surface area (Å²) < 4.78 is 1.15. The van der Waals surface area contributed by atoms with Crippen molar-refractivity contribution < 1.29 is 9.59 Å². The van der Waals surface area contributed by atoms with Crippen LogP contribution < -0.4 is 21.5 Å². The molecular weight excluding hydrogens is 407 g/mol. The van der Waals surface area contributed by atoms with Crippen LogP contribution in [0.1, 0.15) is 6.42 Å². The smallest absolute Gasteiger partial charge is 0.337 e. The Kier molecular flexibility index (Phi) is 6.67. The van der Waals surface area contributed by atoms with Crippen LogP contribution in [0.4, 0.5) is 16.2 Å². The Morgan fingerprint density at radius 1 is 0.870 bits per heavy atom.